The molecule has 25 heavy (non-hydrogen) atoms. The van der Waals surface area contributed by atoms with E-state index in [0.29, 0.717) is 17.3 Å². The lowest BCUT2D eigenvalue weighted by molar-refractivity contribution is 0.0999. The zero-order chi connectivity index (χ0) is 16.9. The minimum atomic E-state index is -0.527. The largest absolute Gasteiger partial charge is 0.467 e. The molecule has 1 amide bonds. The summed E-state index contributed by atoms with van der Waals surface area (Å²) in [5.74, 6) is 1.19. The van der Waals surface area contributed by atoms with Gasteiger partial charge in [-0.1, -0.05) is 0 Å². The number of hydrogen-bond donors (Lipinski definition) is 2. The standard InChI is InChI=1S/C15H19N7O2.HI/c16-13(23)11-8-12(24-10-11)9-20-14(17)21-4-6-22(7-5-21)15-18-2-1-3-19-15;/h1-3,8,10H,4-7,9H2,(H2,16,23)(H2,17,20);1H. The number of primary amides is 1. The first-order valence-electron chi connectivity index (χ1n) is 7.57. The van der Waals surface area contributed by atoms with E-state index < -0.39 is 5.91 Å². The number of hydrogen-bond acceptors (Lipinski definition) is 6. The Hall–Kier alpha value is -2.37. The zero-order valence-corrected chi connectivity index (χ0v) is 15.9. The molecule has 0 saturated carbocycles. The summed E-state index contributed by atoms with van der Waals surface area (Å²) in [4.78, 5) is 27.9. The molecule has 0 spiro atoms. The average molecular weight is 457 g/mol. The molecule has 0 atom stereocenters. The SMILES string of the molecule is I.NC(=O)c1coc(CN=C(N)N2CCN(c3ncccn3)CC2)c1. The predicted octanol–water partition coefficient (Wildman–Crippen LogP) is 0.423. The lowest BCUT2D eigenvalue weighted by Crippen LogP contribution is -2.51. The number of nitrogens with two attached hydrogens (primary N) is 2. The Morgan fingerprint density at radius 1 is 1.20 bits per heavy atom. The number of piperazine rings is 1. The van der Waals surface area contributed by atoms with Crippen LogP contribution in [0, 0.1) is 0 Å². The van der Waals surface area contributed by atoms with E-state index in [-0.39, 0.29) is 30.5 Å². The molecule has 2 aromatic heterocycles. The third-order valence-corrected chi connectivity index (χ3v) is 3.77. The van der Waals surface area contributed by atoms with Crippen molar-refractivity contribution in [1.82, 2.24) is 14.9 Å². The first kappa shape index (κ1) is 19.0. The third-order valence-electron chi connectivity index (χ3n) is 3.77. The number of rotatable bonds is 4. The van der Waals surface area contributed by atoms with E-state index in [2.05, 4.69) is 19.9 Å². The average Bonchev–Trinajstić information content (AvgIpc) is 3.10. The maximum atomic E-state index is 11.0. The summed E-state index contributed by atoms with van der Waals surface area (Å²) in [5, 5.41) is 0. The molecular formula is C15H20IN7O2. The maximum Gasteiger partial charge on any atom is 0.251 e. The number of aromatic nitrogens is 2. The lowest BCUT2D eigenvalue weighted by atomic mass is 10.3. The second kappa shape index (κ2) is 8.65. The fourth-order valence-electron chi connectivity index (χ4n) is 2.44. The van der Waals surface area contributed by atoms with Crippen LogP contribution in [0.15, 0.2) is 40.2 Å². The van der Waals surface area contributed by atoms with Gasteiger partial charge in [0.25, 0.3) is 5.91 Å². The van der Waals surface area contributed by atoms with Crippen LogP contribution in [0.3, 0.4) is 0 Å². The minimum Gasteiger partial charge on any atom is -0.467 e. The van der Waals surface area contributed by atoms with Gasteiger partial charge >= 0.3 is 0 Å². The van der Waals surface area contributed by atoms with Crippen LogP contribution >= 0.6 is 24.0 Å². The maximum absolute atomic E-state index is 11.0. The number of carbonyl (C=O) groups excluding carboxylic acids is 1. The first-order valence-corrected chi connectivity index (χ1v) is 7.57. The van der Waals surface area contributed by atoms with Gasteiger partial charge in [0.05, 0.1) is 5.56 Å². The molecule has 1 saturated heterocycles. The number of halogens is 1. The van der Waals surface area contributed by atoms with Crippen molar-refractivity contribution in [2.24, 2.45) is 16.5 Å². The molecule has 134 valence electrons. The number of anilines is 1. The molecule has 0 aromatic carbocycles. The molecule has 0 radical (unpaired) electrons. The number of furan rings is 1. The normalized spacial score (nSPS) is 15.0. The molecule has 0 aliphatic carbocycles. The van der Waals surface area contributed by atoms with Gasteiger partial charge in [-0.05, 0) is 12.1 Å². The van der Waals surface area contributed by atoms with Crippen LogP contribution in [0.1, 0.15) is 16.1 Å². The topological polar surface area (TPSA) is 127 Å². The van der Waals surface area contributed by atoms with Gasteiger partial charge < -0.3 is 25.7 Å². The second-order valence-electron chi connectivity index (χ2n) is 5.36. The van der Waals surface area contributed by atoms with Crippen molar-refractivity contribution in [1.29, 1.82) is 0 Å². The summed E-state index contributed by atoms with van der Waals surface area (Å²) in [6.45, 7) is 3.28. The molecule has 1 aliphatic rings. The van der Waals surface area contributed by atoms with Gasteiger partial charge in [0.2, 0.25) is 5.95 Å². The number of nitrogens with zero attached hydrogens (tertiary/aromatic N) is 5. The second-order valence-corrected chi connectivity index (χ2v) is 5.36. The van der Waals surface area contributed by atoms with Gasteiger partial charge in [0.15, 0.2) is 5.96 Å². The molecule has 10 heteroatoms. The van der Waals surface area contributed by atoms with E-state index in [1.165, 1.54) is 6.26 Å². The molecule has 3 heterocycles. The van der Waals surface area contributed by atoms with Crippen molar-refractivity contribution in [2.75, 3.05) is 31.1 Å². The third kappa shape index (κ3) is 4.81. The van der Waals surface area contributed by atoms with Crippen LogP contribution in [0.5, 0.6) is 0 Å². The Kier molecular flexibility index (Phi) is 6.56. The molecule has 9 nitrogen and oxygen atoms in total. The predicted molar refractivity (Wildman–Crippen MR) is 104 cm³/mol. The number of guanidine groups is 1. The van der Waals surface area contributed by atoms with Gasteiger partial charge in [-0.2, -0.15) is 0 Å². The van der Waals surface area contributed by atoms with Crippen LogP contribution in [0.4, 0.5) is 5.95 Å². The molecule has 0 bridgehead atoms. The van der Waals surface area contributed by atoms with E-state index in [1.54, 1.807) is 24.5 Å². The molecule has 0 unspecified atom stereocenters. The lowest BCUT2D eigenvalue weighted by Gasteiger charge is -2.35. The van der Waals surface area contributed by atoms with E-state index in [0.717, 1.165) is 32.1 Å². The van der Waals surface area contributed by atoms with Crippen molar-refractivity contribution in [3.63, 3.8) is 0 Å². The summed E-state index contributed by atoms with van der Waals surface area (Å²) in [5.41, 5.74) is 11.5. The highest BCUT2D eigenvalue weighted by Crippen LogP contribution is 2.11. The van der Waals surface area contributed by atoms with Gasteiger partial charge in [0.1, 0.15) is 18.6 Å². The smallest absolute Gasteiger partial charge is 0.251 e. The van der Waals surface area contributed by atoms with Crippen LogP contribution in [-0.4, -0.2) is 52.9 Å². The van der Waals surface area contributed by atoms with Gasteiger partial charge in [-0.25, -0.2) is 15.0 Å². The summed E-state index contributed by atoms with van der Waals surface area (Å²) >= 11 is 0. The highest BCUT2D eigenvalue weighted by atomic mass is 127. The molecule has 1 fully saturated rings. The summed E-state index contributed by atoms with van der Waals surface area (Å²) in [7, 11) is 0. The van der Waals surface area contributed by atoms with Crippen molar-refractivity contribution in [2.45, 2.75) is 6.54 Å². The number of amides is 1. The Labute approximate surface area is 162 Å². The summed E-state index contributed by atoms with van der Waals surface area (Å²) in [6, 6.07) is 3.37. The fourth-order valence-corrected chi connectivity index (χ4v) is 2.44. The molecule has 2 aromatic rings. The Morgan fingerprint density at radius 2 is 1.88 bits per heavy atom. The quantitative estimate of drug-likeness (QED) is 0.387. The summed E-state index contributed by atoms with van der Waals surface area (Å²) < 4.78 is 5.23. The van der Waals surface area contributed by atoms with Gasteiger partial charge in [0, 0.05) is 38.6 Å². The van der Waals surface area contributed by atoms with E-state index in [4.69, 9.17) is 15.9 Å². The fraction of sp³-hybridized carbons (Fsp3) is 0.333. The van der Waals surface area contributed by atoms with Crippen molar-refractivity contribution < 1.29 is 9.21 Å². The van der Waals surface area contributed by atoms with Crippen LogP contribution in [-0.2, 0) is 6.54 Å². The van der Waals surface area contributed by atoms with Crippen LogP contribution in [0.2, 0.25) is 0 Å². The van der Waals surface area contributed by atoms with Crippen LogP contribution < -0.4 is 16.4 Å². The first-order chi connectivity index (χ1) is 11.6. The number of carbonyl (C=O) groups is 1. The summed E-state index contributed by atoms with van der Waals surface area (Å²) in [6.07, 6.45) is 4.78. The highest BCUT2D eigenvalue weighted by molar-refractivity contribution is 14.0. The Morgan fingerprint density at radius 3 is 2.48 bits per heavy atom. The highest BCUT2D eigenvalue weighted by Gasteiger charge is 2.20. The van der Waals surface area contributed by atoms with Gasteiger partial charge in [-0.15, -0.1) is 24.0 Å². The zero-order valence-electron chi connectivity index (χ0n) is 13.5. The molecule has 1 aliphatic heterocycles. The molecule has 3 rings (SSSR count). The van der Waals surface area contributed by atoms with E-state index in [9.17, 15) is 4.79 Å². The Bertz CT molecular complexity index is 726. The molecular weight excluding hydrogens is 437 g/mol. The molecule has 4 N–H and O–H groups in total. The van der Waals surface area contributed by atoms with Crippen molar-refractivity contribution in [3.8, 4) is 0 Å². The minimum absolute atomic E-state index is 0. The van der Waals surface area contributed by atoms with E-state index in [1.807, 2.05) is 4.90 Å². The monoisotopic (exact) mass is 457 g/mol. The van der Waals surface area contributed by atoms with Crippen molar-refractivity contribution >= 4 is 41.8 Å². The Balaban J connectivity index is 0.00000225. The van der Waals surface area contributed by atoms with Crippen LogP contribution in [0.25, 0.3) is 0 Å². The number of aliphatic imine (C=N–C) groups is 1. The van der Waals surface area contributed by atoms with Crippen molar-refractivity contribution in [3.05, 3.63) is 42.1 Å². The van der Waals surface area contributed by atoms with E-state index >= 15 is 0 Å². The van der Waals surface area contributed by atoms with Gasteiger partial charge in [-0.3, -0.25) is 4.79 Å².